The summed E-state index contributed by atoms with van der Waals surface area (Å²) in [6, 6.07) is 4.74. The number of methoxy groups -OCH3 is 2. The van der Waals surface area contributed by atoms with Crippen LogP contribution in [0.3, 0.4) is 0 Å². The molecule has 0 heterocycles. The molecule has 1 aromatic rings. The van der Waals surface area contributed by atoms with Crippen LogP contribution in [0.5, 0.6) is 0 Å². The number of benzene rings is 1. The van der Waals surface area contributed by atoms with Crippen molar-refractivity contribution in [3.05, 3.63) is 35.4 Å². The van der Waals surface area contributed by atoms with Crippen molar-refractivity contribution in [2.24, 2.45) is 0 Å². The van der Waals surface area contributed by atoms with Crippen LogP contribution in [0.15, 0.2) is 24.3 Å². The normalized spacial score (nSPS) is 10.2. The highest BCUT2D eigenvalue weighted by atomic mass is 16.5. The average Bonchev–Trinajstić information content (AvgIpc) is 2.35. The van der Waals surface area contributed by atoms with Gasteiger partial charge >= 0.3 is 11.9 Å². The van der Waals surface area contributed by atoms with Gasteiger partial charge in [-0.2, -0.15) is 0 Å². The van der Waals surface area contributed by atoms with Gasteiger partial charge in [0.1, 0.15) is 0 Å². The van der Waals surface area contributed by atoms with Gasteiger partial charge in [0.25, 0.3) is 0 Å². The van der Waals surface area contributed by atoms with E-state index >= 15 is 0 Å². The number of rotatable bonds is 3. The quantitative estimate of drug-likeness (QED) is 0.484. The van der Waals surface area contributed by atoms with Gasteiger partial charge in [0.2, 0.25) is 0 Å². The summed E-state index contributed by atoms with van der Waals surface area (Å²) >= 11 is 0. The van der Waals surface area contributed by atoms with Crippen molar-refractivity contribution in [2.75, 3.05) is 20.0 Å². The second-order valence-electron chi connectivity index (χ2n) is 3.19. The van der Waals surface area contributed by atoms with Gasteiger partial charge in [-0.3, -0.25) is 0 Å². The lowest BCUT2D eigenvalue weighted by atomic mass is 10.1. The number of ether oxygens (including phenoxy) is 2. The van der Waals surface area contributed by atoms with Gasteiger partial charge in [-0.15, -0.1) is 0 Å². The monoisotopic (exact) mass is 235 g/mol. The number of nitrogens with two attached hydrogens (primary N) is 1. The van der Waals surface area contributed by atoms with Crippen LogP contribution in [0.4, 0.5) is 5.69 Å². The van der Waals surface area contributed by atoms with E-state index in [0.717, 1.165) is 0 Å². The van der Waals surface area contributed by atoms with Gasteiger partial charge in [-0.05, 0) is 23.8 Å². The zero-order chi connectivity index (χ0) is 12.8. The van der Waals surface area contributed by atoms with Crippen LogP contribution in [0, 0.1) is 0 Å². The third-order valence-electron chi connectivity index (χ3n) is 2.08. The minimum absolute atomic E-state index is 0.299. The number of anilines is 1. The third-order valence-corrected chi connectivity index (χ3v) is 2.08. The molecular formula is C12H13NO4. The van der Waals surface area contributed by atoms with Crippen LogP contribution in [0.25, 0.3) is 6.08 Å². The summed E-state index contributed by atoms with van der Waals surface area (Å²) in [7, 11) is 2.55. The summed E-state index contributed by atoms with van der Waals surface area (Å²) in [5.74, 6) is -1.01. The minimum Gasteiger partial charge on any atom is -0.466 e. The smallest absolute Gasteiger partial charge is 0.338 e. The minimum atomic E-state index is -0.512. The van der Waals surface area contributed by atoms with Crippen LogP contribution < -0.4 is 5.73 Å². The van der Waals surface area contributed by atoms with Crippen molar-refractivity contribution in [1.82, 2.24) is 0 Å². The molecule has 0 unspecified atom stereocenters. The van der Waals surface area contributed by atoms with Crippen molar-refractivity contribution >= 4 is 23.7 Å². The van der Waals surface area contributed by atoms with E-state index in [4.69, 9.17) is 5.73 Å². The molecule has 0 saturated heterocycles. The average molecular weight is 235 g/mol. The Morgan fingerprint density at radius 2 is 1.94 bits per heavy atom. The lowest BCUT2D eigenvalue weighted by Gasteiger charge is -2.05. The highest BCUT2D eigenvalue weighted by Crippen LogP contribution is 2.16. The summed E-state index contributed by atoms with van der Waals surface area (Å²) < 4.78 is 9.08. The first-order chi connectivity index (χ1) is 8.08. The molecule has 5 heteroatoms. The van der Waals surface area contributed by atoms with E-state index in [0.29, 0.717) is 16.8 Å². The first kappa shape index (κ1) is 12.8. The fourth-order valence-corrected chi connectivity index (χ4v) is 1.23. The molecule has 0 saturated carbocycles. The molecule has 0 bridgehead atoms. The molecule has 0 aliphatic heterocycles. The highest BCUT2D eigenvalue weighted by Gasteiger charge is 2.10. The topological polar surface area (TPSA) is 78.6 Å². The third kappa shape index (κ3) is 3.34. The SMILES string of the molecule is COC(=O)C=Cc1ccc(N)cc1C(=O)OC. The summed E-state index contributed by atoms with van der Waals surface area (Å²) in [5, 5.41) is 0. The first-order valence-electron chi connectivity index (χ1n) is 4.82. The molecule has 0 fully saturated rings. The Hall–Kier alpha value is -2.30. The van der Waals surface area contributed by atoms with Crippen LogP contribution in [0.1, 0.15) is 15.9 Å². The number of nitrogen functional groups attached to an aromatic ring is 1. The van der Waals surface area contributed by atoms with E-state index in [9.17, 15) is 9.59 Å². The van der Waals surface area contributed by atoms with Crippen molar-refractivity contribution in [3.63, 3.8) is 0 Å². The Bertz CT molecular complexity index is 466. The van der Waals surface area contributed by atoms with Crippen molar-refractivity contribution in [1.29, 1.82) is 0 Å². The van der Waals surface area contributed by atoms with Crippen LogP contribution in [-0.4, -0.2) is 26.2 Å². The molecule has 0 aliphatic carbocycles. The molecule has 90 valence electrons. The standard InChI is InChI=1S/C12H13NO4/c1-16-11(14)6-4-8-3-5-9(13)7-10(8)12(15)17-2/h3-7H,13H2,1-2H3. The molecule has 1 aromatic carbocycles. The molecule has 0 amide bonds. The zero-order valence-corrected chi connectivity index (χ0v) is 9.60. The Labute approximate surface area is 98.8 Å². The molecule has 0 atom stereocenters. The van der Waals surface area contributed by atoms with E-state index in [1.165, 1.54) is 32.4 Å². The van der Waals surface area contributed by atoms with Crippen LogP contribution in [-0.2, 0) is 14.3 Å². The Morgan fingerprint density at radius 3 is 2.53 bits per heavy atom. The largest absolute Gasteiger partial charge is 0.466 e. The van der Waals surface area contributed by atoms with E-state index in [-0.39, 0.29) is 0 Å². The van der Waals surface area contributed by atoms with Crippen molar-refractivity contribution in [3.8, 4) is 0 Å². The number of hydrogen-bond acceptors (Lipinski definition) is 5. The Kier molecular flexibility index (Phi) is 4.28. The molecule has 1 rings (SSSR count). The van der Waals surface area contributed by atoms with Crippen molar-refractivity contribution in [2.45, 2.75) is 0 Å². The van der Waals surface area contributed by atoms with Gasteiger partial charge in [-0.25, -0.2) is 9.59 Å². The lowest BCUT2D eigenvalue weighted by Crippen LogP contribution is -2.05. The molecular weight excluding hydrogens is 222 g/mol. The molecule has 5 nitrogen and oxygen atoms in total. The fourth-order valence-electron chi connectivity index (χ4n) is 1.23. The highest BCUT2D eigenvalue weighted by molar-refractivity contribution is 5.96. The van der Waals surface area contributed by atoms with E-state index in [2.05, 4.69) is 9.47 Å². The number of hydrogen-bond donors (Lipinski definition) is 1. The molecule has 0 radical (unpaired) electrons. The predicted octanol–water partition coefficient (Wildman–Crippen LogP) is 1.24. The summed E-state index contributed by atoms with van der Waals surface area (Å²) in [5.41, 5.74) is 6.86. The zero-order valence-electron chi connectivity index (χ0n) is 9.60. The maximum atomic E-state index is 11.5. The van der Waals surface area contributed by atoms with Gasteiger partial charge < -0.3 is 15.2 Å². The maximum Gasteiger partial charge on any atom is 0.338 e. The second kappa shape index (κ2) is 5.69. The Balaban J connectivity index is 3.10. The number of esters is 2. The van der Waals surface area contributed by atoms with Gasteiger partial charge in [-0.1, -0.05) is 6.07 Å². The molecule has 0 spiro atoms. The van der Waals surface area contributed by atoms with E-state index in [1.807, 2.05) is 0 Å². The maximum absolute atomic E-state index is 11.5. The molecule has 0 aliphatic rings. The summed E-state index contributed by atoms with van der Waals surface area (Å²) in [6.45, 7) is 0. The van der Waals surface area contributed by atoms with Gasteiger partial charge in [0, 0.05) is 11.8 Å². The summed E-state index contributed by atoms with van der Waals surface area (Å²) in [4.78, 5) is 22.4. The van der Waals surface area contributed by atoms with Gasteiger partial charge in [0.15, 0.2) is 0 Å². The fraction of sp³-hybridized carbons (Fsp3) is 0.167. The van der Waals surface area contributed by atoms with E-state index < -0.39 is 11.9 Å². The van der Waals surface area contributed by atoms with Crippen LogP contribution >= 0.6 is 0 Å². The predicted molar refractivity (Wildman–Crippen MR) is 63.2 cm³/mol. The Morgan fingerprint density at radius 1 is 1.24 bits per heavy atom. The summed E-state index contributed by atoms with van der Waals surface area (Å²) in [6.07, 6.45) is 2.69. The van der Waals surface area contributed by atoms with E-state index in [1.54, 1.807) is 12.1 Å². The lowest BCUT2D eigenvalue weighted by molar-refractivity contribution is -0.134. The van der Waals surface area contributed by atoms with Gasteiger partial charge in [0.05, 0.1) is 19.8 Å². The number of carbonyl (C=O) groups is 2. The first-order valence-corrected chi connectivity index (χ1v) is 4.82. The molecule has 2 N–H and O–H groups in total. The van der Waals surface area contributed by atoms with Crippen molar-refractivity contribution < 1.29 is 19.1 Å². The molecule has 17 heavy (non-hydrogen) atoms. The number of carbonyl (C=O) groups excluding carboxylic acids is 2. The van der Waals surface area contributed by atoms with Crippen LogP contribution in [0.2, 0.25) is 0 Å². The second-order valence-corrected chi connectivity index (χ2v) is 3.19. The molecule has 0 aromatic heterocycles.